The van der Waals surface area contributed by atoms with Gasteiger partial charge in [-0.05, 0) is 43.2 Å². The van der Waals surface area contributed by atoms with Gasteiger partial charge in [0.2, 0.25) is 0 Å². The Balaban J connectivity index is 1.76. The van der Waals surface area contributed by atoms with E-state index < -0.39 is 36.2 Å². The third kappa shape index (κ3) is 4.11. The molecule has 0 spiro atoms. The molecule has 0 saturated heterocycles. The summed E-state index contributed by atoms with van der Waals surface area (Å²) < 4.78 is 95.2. The second kappa shape index (κ2) is 8.04. The summed E-state index contributed by atoms with van der Waals surface area (Å²) in [7, 11) is 0. The van der Waals surface area contributed by atoms with Crippen molar-refractivity contribution in [3.63, 3.8) is 0 Å². The fourth-order valence-electron chi connectivity index (χ4n) is 3.42. The first-order chi connectivity index (χ1) is 15.1. The minimum Gasteiger partial charge on any atom is -0.366 e. The molecular weight excluding hydrogens is 439 g/mol. The maximum absolute atomic E-state index is 15.3. The van der Waals surface area contributed by atoms with Gasteiger partial charge in [-0.2, -0.15) is 13.2 Å². The zero-order valence-electron chi connectivity index (χ0n) is 16.4. The molecule has 2 aliphatic rings. The van der Waals surface area contributed by atoms with Gasteiger partial charge in [0.25, 0.3) is 6.43 Å². The molecule has 1 aliphatic heterocycles. The van der Waals surface area contributed by atoms with E-state index in [4.69, 9.17) is 0 Å². The molecule has 1 heterocycles. The summed E-state index contributed by atoms with van der Waals surface area (Å²) in [5.41, 5.74) is -2.28. The van der Waals surface area contributed by atoms with Crippen LogP contribution >= 0.6 is 0 Å². The number of halogens is 7. The van der Waals surface area contributed by atoms with Gasteiger partial charge in [0.1, 0.15) is 23.7 Å². The number of fused-ring (bicyclic) bond motifs is 1. The van der Waals surface area contributed by atoms with Crippen LogP contribution in [-0.4, -0.2) is 31.7 Å². The number of aliphatic imine (C=N–C) groups is 1. The van der Waals surface area contributed by atoms with Crippen molar-refractivity contribution in [1.82, 2.24) is 0 Å². The first-order valence-electron chi connectivity index (χ1n) is 9.64. The molecular formula is C22H16F7N3. The molecule has 10 heteroatoms. The number of nitrogens with zero attached hydrogens (tertiary/aromatic N) is 2. The third-order valence-electron chi connectivity index (χ3n) is 5.30. The molecule has 0 bridgehead atoms. The molecule has 0 atom stereocenters. The van der Waals surface area contributed by atoms with Crippen molar-refractivity contribution in [2.45, 2.75) is 25.4 Å². The van der Waals surface area contributed by atoms with Crippen LogP contribution in [-0.2, 0) is 0 Å². The Morgan fingerprint density at radius 3 is 2.53 bits per heavy atom. The lowest BCUT2D eigenvalue weighted by atomic mass is 10.1. The SMILES string of the molecule is Fc1ccc2c(c1)C(N(CC(F)F)c1cccc(C#CC3(C(F)(F)F)CC3)c1F)=NCN2. The zero-order valence-corrected chi connectivity index (χ0v) is 16.4. The number of hydrogen-bond acceptors (Lipinski definition) is 3. The van der Waals surface area contributed by atoms with Crippen LogP contribution in [0.15, 0.2) is 41.4 Å². The molecule has 4 rings (SSSR count). The molecule has 0 aromatic heterocycles. The highest BCUT2D eigenvalue weighted by molar-refractivity contribution is 6.14. The topological polar surface area (TPSA) is 27.6 Å². The minimum absolute atomic E-state index is 0.0110. The standard InChI is InChI=1S/C22H16F7N3/c23-14-4-5-16-15(10-14)20(31-12-30-16)32(11-18(24)25)17-3-1-2-13(19(17)26)6-7-21(8-9-21)22(27,28)29/h1-5,10,18,30H,8-9,11-12H2. The Labute approximate surface area is 178 Å². The molecule has 0 unspecified atom stereocenters. The Morgan fingerprint density at radius 1 is 1.12 bits per heavy atom. The molecule has 168 valence electrons. The largest absolute Gasteiger partial charge is 0.405 e. The van der Waals surface area contributed by atoms with E-state index >= 15 is 4.39 Å². The first kappa shape index (κ1) is 22.0. The second-order valence-electron chi connectivity index (χ2n) is 7.48. The summed E-state index contributed by atoms with van der Waals surface area (Å²) in [6.07, 6.45) is -7.78. The number of benzene rings is 2. The van der Waals surface area contributed by atoms with Crippen LogP contribution in [0.25, 0.3) is 0 Å². The monoisotopic (exact) mass is 455 g/mol. The Hall–Kier alpha value is -3.22. The van der Waals surface area contributed by atoms with Crippen LogP contribution in [0, 0.1) is 28.9 Å². The van der Waals surface area contributed by atoms with Gasteiger partial charge in [-0.25, -0.2) is 22.6 Å². The summed E-state index contributed by atoms with van der Waals surface area (Å²) in [6, 6.07) is 7.35. The van der Waals surface area contributed by atoms with E-state index in [1.807, 2.05) is 0 Å². The lowest BCUT2D eigenvalue weighted by Crippen LogP contribution is -2.39. The highest BCUT2D eigenvalue weighted by Gasteiger charge is 2.62. The number of amidine groups is 1. The van der Waals surface area contributed by atoms with Crippen molar-refractivity contribution in [3.05, 3.63) is 59.2 Å². The van der Waals surface area contributed by atoms with E-state index in [1.54, 1.807) is 0 Å². The van der Waals surface area contributed by atoms with E-state index in [1.165, 1.54) is 30.3 Å². The lowest BCUT2D eigenvalue weighted by molar-refractivity contribution is -0.168. The molecule has 1 N–H and O–H groups in total. The Kier molecular flexibility index (Phi) is 5.53. The van der Waals surface area contributed by atoms with Crippen molar-refractivity contribution < 1.29 is 30.7 Å². The molecule has 2 aromatic carbocycles. The number of hydrogen-bond donors (Lipinski definition) is 1. The summed E-state index contributed by atoms with van der Waals surface area (Å²) >= 11 is 0. The Morgan fingerprint density at radius 2 is 1.88 bits per heavy atom. The average molecular weight is 455 g/mol. The van der Waals surface area contributed by atoms with Crippen LogP contribution in [0.3, 0.4) is 0 Å². The van der Waals surface area contributed by atoms with Crippen molar-refractivity contribution in [3.8, 4) is 11.8 Å². The van der Waals surface area contributed by atoms with Crippen molar-refractivity contribution in [1.29, 1.82) is 0 Å². The molecule has 2 aromatic rings. The highest BCUT2D eigenvalue weighted by atomic mass is 19.4. The normalized spacial score (nSPS) is 16.4. The lowest BCUT2D eigenvalue weighted by Gasteiger charge is -2.30. The molecule has 1 saturated carbocycles. The number of alkyl halides is 5. The van der Waals surface area contributed by atoms with Gasteiger partial charge in [-0.15, -0.1) is 0 Å². The first-order valence-corrected chi connectivity index (χ1v) is 9.64. The van der Waals surface area contributed by atoms with Crippen molar-refractivity contribution in [2.24, 2.45) is 10.4 Å². The molecule has 3 nitrogen and oxygen atoms in total. The molecule has 0 amide bonds. The van der Waals surface area contributed by atoms with E-state index in [0.717, 1.165) is 11.0 Å². The smallest absolute Gasteiger partial charge is 0.366 e. The maximum atomic E-state index is 15.3. The van der Waals surface area contributed by atoms with Gasteiger partial charge < -0.3 is 10.2 Å². The van der Waals surface area contributed by atoms with Gasteiger partial charge in [0.15, 0.2) is 5.82 Å². The number of rotatable bonds is 3. The predicted molar refractivity (Wildman–Crippen MR) is 106 cm³/mol. The summed E-state index contributed by atoms with van der Waals surface area (Å²) in [6.45, 7) is -0.974. The van der Waals surface area contributed by atoms with Gasteiger partial charge in [0.05, 0.1) is 17.8 Å². The van der Waals surface area contributed by atoms with Crippen LogP contribution in [0.4, 0.5) is 42.1 Å². The summed E-state index contributed by atoms with van der Waals surface area (Å²) in [5, 5.41) is 2.87. The quantitative estimate of drug-likeness (QED) is 0.485. The second-order valence-corrected chi connectivity index (χ2v) is 7.48. The van der Waals surface area contributed by atoms with E-state index in [9.17, 15) is 26.3 Å². The zero-order chi connectivity index (χ0) is 23.1. The van der Waals surface area contributed by atoms with Gasteiger partial charge >= 0.3 is 6.18 Å². The fourth-order valence-corrected chi connectivity index (χ4v) is 3.42. The van der Waals surface area contributed by atoms with Gasteiger partial charge in [-0.1, -0.05) is 17.9 Å². The maximum Gasteiger partial charge on any atom is 0.405 e. The number of anilines is 2. The van der Waals surface area contributed by atoms with Gasteiger partial charge in [-0.3, -0.25) is 0 Å². The number of nitrogens with one attached hydrogen (secondary N) is 1. The highest BCUT2D eigenvalue weighted by Crippen LogP contribution is 2.57. The van der Waals surface area contributed by atoms with E-state index in [-0.39, 0.29) is 42.2 Å². The fraction of sp³-hybridized carbons (Fsp3) is 0.318. The molecule has 32 heavy (non-hydrogen) atoms. The van der Waals surface area contributed by atoms with Gasteiger partial charge in [0, 0.05) is 11.3 Å². The Bertz CT molecular complexity index is 1120. The predicted octanol–water partition coefficient (Wildman–Crippen LogP) is 5.56. The van der Waals surface area contributed by atoms with Crippen LogP contribution < -0.4 is 10.2 Å². The summed E-state index contributed by atoms with van der Waals surface area (Å²) in [4.78, 5) is 5.01. The van der Waals surface area contributed by atoms with E-state index in [0.29, 0.717) is 5.69 Å². The van der Waals surface area contributed by atoms with Crippen molar-refractivity contribution in [2.75, 3.05) is 23.4 Å². The summed E-state index contributed by atoms with van der Waals surface area (Å²) in [5.74, 6) is 2.55. The average Bonchev–Trinajstić information content (AvgIpc) is 3.52. The third-order valence-corrected chi connectivity index (χ3v) is 5.30. The van der Waals surface area contributed by atoms with Crippen LogP contribution in [0.5, 0.6) is 0 Å². The molecule has 1 aliphatic carbocycles. The minimum atomic E-state index is -4.53. The molecule has 0 radical (unpaired) electrons. The van der Waals surface area contributed by atoms with E-state index in [2.05, 4.69) is 22.2 Å². The van der Waals surface area contributed by atoms with Crippen molar-refractivity contribution >= 4 is 17.2 Å². The molecule has 1 fully saturated rings. The van der Waals surface area contributed by atoms with Crippen LogP contribution in [0.1, 0.15) is 24.0 Å². The van der Waals surface area contributed by atoms with Crippen LogP contribution in [0.2, 0.25) is 0 Å².